The summed E-state index contributed by atoms with van der Waals surface area (Å²) in [5, 5.41) is 2.87. The number of nitrogens with one attached hydrogen (secondary N) is 1. The number of rotatable bonds is 7. The van der Waals surface area contributed by atoms with Crippen molar-refractivity contribution in [1.82, 2.24) is 0 Å². The molecule has 5 nitrogen and oxygen atoms in total. The number of benzene rings is 3. The zero-order valence-electron chi connectivity index (χ0n) is 17.4. The van der Waals surface area contributed by atoms with E-state index in [0.717, 1.165) is 23.1 Å². The van der Waals surface area contributed by atoms with Crippen molar-refractivity contribution in [2.24, 2.45) is 0 Å². The third-order valence-electron chi connectivity index (χ3n) is 4.79. The monoisotopic (exact) mass is 422 g/mol. The number of para-hydroxylation sites is 1. The van der Waals surface area contributed by atoms with Crippen molar-refractivity contribution in [2.75, 3.05) is 16.2 Å². The predicted molar refractivity (Wildman–Crippen MR) is 121 cm³/mol. The van der Waals surface area contributed by atoms with Crippen molar-refractivity contribution in [1.29, 1.82) is 0 Å². The number of amides is 1. The highest BCUT2D eigenvalue weighted by Crippen LogP contribution is 2.26. The molecule has 0 saturated carbocycles. The van der Waals surface area contributed by atoms with E-state index in [1.54, 1.807) is 30.3 Å². The normalized spacial score (nSPS) is 11.2. The number of hydrogen-bond donors (Lipinski definition) is 1. The van der Waals surface area contributed by atoms with Crippen LogP contribution in [-0.4, -0.2) is 20.9 Å². The van der Waals surface area contributed by atoms with Crippen molar-refractivity contribution >= 4 is 27.3 Å². The van der Waals surface area contributed by atoms with Gasteiger partial charge >= 0.3 is 0 Å². The summed E-state index contributed by atoms with van der Waals surface area (Å²) >= 11 is 0. The van der Waals surface area contributed by atoms with Gasteiger partial charge in [0.1, 0.15) is 6.54 Å². The fourth-order valence-corrected chi connectivity index (χ4v) is 4.83. The Labute approximate surface area is 178 Å². The Morgan fingerprint density at radius 2 is 1.50 bits per heavy atom. The van der Waals surface area contributed by atoms with Crippen LogP contribution in [0.25, 0.3) is 0 Å². The highest BCUT2D eigenvalue weighted by atomic mass is 32.2. The Morgan fingerprint density at radius 1 is 0.900 bits per heavy atom. The van der Waals surface area contributed by atoms with Crippen LogP contribution in [-0.2, 0) is 21.2 Å². The minimum atomic E-state index is -3.92. The molecule has 156 valence electrons. The number of carbonyl (C=O) groups excluding carboxylic acids is 1. The smallest absolute Gasteiger partial charge is 0.264 e. The number of aryl methyl sites for hydroxylation is 3. The van der Waals surface area contributed by atoms with E-state index in [1.165, 1.54) is 16.4 Å². The van der Waals surface area contributed by atoms with E-state index >= 15 is 0 Å². The van der Waals surface area contributed by atoms with E-state index in [9.17, 15) is 13.2 Å². The minimum Gasteiger partial charge on any atom is -0.324 e. The molecule has 0 aromatic heterocycles. The molecule has 1 N–H and O–H groups in total. The first kappa shape index (κ1) is 21.6. The molecule has 1 amide bonds. The van der Waals surface area contributed by atoms with E-state index in [4.69, 9.17) is 0 Å². The zero-order chi connectivity index (χ0) is 21.7. The minimum absolute atomic E-state index is 0.144. The van der Waals surface area contributed by atoms with Crippen LogP contribution >= 0.6 is 0 Å². The van der Waals surface area contributed by atoms with Crippen LogP contribution < -0.4 is 9.62 Å². The lowest BCUT2D eigenvalue weighted by atomic mass is 10.1. The second-order valence-corrected chi connectivity index (χ2v) is 9.09. The maximum Gasteiger partial charge on any atom is 0.264 e. The first-order valence-electron chi connectivity index (χ1n) is 9.85. The van der Waals surface area contributed by atoms with Crippen LogP contribution in [0.4, 0.5) is 11.4 Å². The second-order valence-electron chi connectivity index (χ2n) is 7.23. The molecule has 0 aliphatic heterocycles. The Morgan fingerprint density at radius 3 is 2.13 bits per heavy atom. The van der Waals surface area contributed by atoms with Gasteiger partial charge in [0.15, 0.2) is 0 Å². The SMILES string of the molecule is CCc1ccccc1NC(=O)CN(c1cc(C)cc(C)c1)S(=O)(=O)c1ccccc1. The maximum atomic E-state index is 13.4. The van der Waals surface area contributed by atoms with Gasteiger partial charge < -0.3 is 5.32 Å². The number of anilines is 2. The van der Waals surface area contributed by atoms with Gasteiger partial charge in [0.25, 0.3) is 10.0 Å². The van der Waals surface area contributed by atoms with Crippen molar-refractivity contribution in [3.05, 3.63) is 89.5 Å². The lowest BCUT2D eigenvalue weighted by Gasteiger charge is -2.25. The Balaban J connectivity index is 1.98. The quantitative estimate of drug-likeness (QED) is 0.600. The van der Waals surface area contributed by atoms with Crippen LogP contribution in [0.5, 0.6) is 0 Å². The molecular weight excluding hydrogens is 396 g/mol. The Kier molecular flexibility index (Phi) is 6.57. The summed E-state index contributed by atoms with van der Waals surface area (Å²) < 4.78 is 28.0. The van der Waals surface area contributed by atoms with Gasteiger partial charge in [-0.1, -0.05) is 49.4 Å². The van der Waals surface area contributed by atoms with Crippen molar-refractivity contribution in [2.45, 2.75) is 32.1 Å². The van der Waals surface area contributed by atoms with Gasteiger partial charge in [0.2, 0.25) is 5.91 Å². The molecule has 3 aromatic carbocycles. The van der Waals surface area contributed by atoms with E-state index in [0.29, 0.717) is 11.4 Å². The molecule has 0 spiro atoms. The molecule has 3 rings (SSSR count). The molecule has 0 saturated heterocycles. The molecule has 0 atom stereocenters. The Bertz CT molecular complexity index is 1120. The number of sulfonamides is 1. The highest BCUT2D eigenvalue weighted by molar-refractivity contribution is 7.92. The summed E-state index contributed by atoms with van der Waals surface area (Å²) in [6, 6.07) is 21.2. The van der Waals surface area contributed by atoms with Gasteiger partial charge in [0, 0.05) is 5.69 Å². The van der Waals surface area contributed by atoms with Gasteiger partial charge in [-0.25, -0.2) is 8.42 Å². The predicted octanol–water partition coefficient (Wildman–Crippen LogP) is 4.70. The summed E-state index contributed by atoms with van der Waals surface area (Å²) in [7, 11) is -3.92. The zero-order valence-corrected chi connectivity index (χ0v) is 18.2. The van der Waals surface area contributed by atoms with Crippen LogP contribution in [0.15, 0.2) is 77.7 Å². The van der Waals surface area contributed by atoms with Gasteiger partial charge in [0.05, 0.1) is 10.6 Å². The second kappa shape index (κ2) is 9.13. The number of carbonyl (C=O) groups is 1. The molecule has 0 heterocycles. The molecule has 0 unspecified atom stereocenters. The molecular formula is C24H26N2O3S. The average molecular weight is 423 g/mol. The Hall–Kier alpha value is -3.12. The molecule has 0 fully saturated rings. The van der Waals surface area contributed by atoms with Crippen molar-refractivity contribution in [3.8, 4) is 0 Å². The lowest BCUT2D eigenvalue weighted by molar-refractivity contribution is -0.114. The van der Waals surface area contributed by atoms with Crippen LogP contribution in [0.3, 0.4) is 0 Å². The van der Waals surface area contributed by atoms with Gasteiger partial charge in [-0.3, -0.25) is 9.10 Å². The van der Waals surface area contributed by atoms with E-state index in [-0.39, 0.29) is 11.4 Å². The van der Waals surface area contributed by atoms with Crippen LogP contribution in [0.1, 0.15) is 23.6 Å². The first-order chi connectivity index (χ1) is 14.3. The maximum absolute atomic E-state index is 13.4. The van der Waals surface area contributed by atoms with Crippen LogP contribution in [0.2, 0.25) is 0 Å². The number of nitrogens with zero attached hydrogens (tertiary/aromatic N) is 1. The molecule has 6 heteroatoms. The van der Waals surface area contributed by atoms with E-state index < -0.39 is 15.9 Å². The summed E-state index contributed by atoms with van der Waals surface area (Å²) in [6.45, 7) is 5.49. The molecule has 0 bridgehead atoms. The first-order valence-corrected chi connectivity index (χ1v) is 11.3. The topological polar surface area (TPSA) is 66.5 Å². The highest BCUT2D eigenvalue weighted by Gasteiger charge is 2.27. The van der Waals surface area contributed by atoms with E-state index in [2.05, 4.69) is 5.32 Å². The van der Waals surface area contributed by atoms with Crippen molar-refractivity contribution in [3.63, 3.8) is 0 Å². The summed E-state index contributed by atoms with van der Waals surface area (Å²) in [4.78, 5) is 13.0. The molecule has 0 radical (unpaired) electrons. The fourth-order valence-electron chi connectivity index (χ4n) is 3.40. The largest absolute Gasteiger partial charge is 0.324 e. The number of hydrogen-bond acceptors (Lipinski definition) is 3. The van der Waals surface area contributed by atoms with E-state index in [1.807, 2.05) is 51.1 Å². The fraction of sp³-hybridized carbons (Fsp3) is 0.208. The third kappa shape index (κ3) is 4.89. The standard InChI is InChI=1S/C24H26N2O3S/c1-4-20-10-8-9-13-23(20)25-24(27)17-26(21-15-18(2)14-19(3)16-21)30(28,29)22-11-6-5-7-12-22/h5-16H,4,17H2,1-3H3,(H,25,27). The third-order valence-corrected chi connectivity index (χ3v) is 6.57. The molecule has 0 aliphatic carbocycles. The van der Waals surface area contributed by atoms with Crippen LogP contribution in [0, 0.1) is 13.8 Å². The van der Waals surface area contributed by atoms with Gasteiger partial charge in [-0.2, -0.15) is 0 Å². The molecule has 0 aliphatic rings. The summed E-state index contributed by atoms with van der Waals surface area (Å²) in [5.74, 6) is -0.394. The summed E-state index contributed by atoms with van der Waals surface area (Å²) in [6.07, 6.45) is 0.763. The molecule has 30 heavy (non-hydrogen) atoms. The summed E-state index contributed by atoms with van der Waals surface area (Å²) in [5.41, 5.74) is 4.01. The molecule has 3 aromatic rings. The van der Waals surface area contributed by atoms with Gasteiger partial charge in [-0.15, -0.1) is 0 Å². The van der Waals surface area contributed by atoms with Crippen molar-refractivity contribution < 1.29 is 13.2 Å². The average Bonchev–Trinajstić information content (AvgIpc) is 2.72. The lowest BCUT2D eigenvalue weighted by Crippen LogP contribution is -2.38. The van der Waals surface area contributed by atoms with Gasteiger partial charge in [-0.05, 0) is 67.3 Å².